The van der Waals surface area contributed by atoms with Gasteiger partial charge in [0.1, 0.15) is 0 Å². The molecule has 0 saturated heterocycles. The van der Waals surface area contributed by atoms with Gasteiger partial charge in [0.2, 0.25) is 5.91 Å². The molecule has 3 rings (SSSR count). The van der Waals surface area contributed by atoms with Crippen molar-refractivity contribution in [3.8, 4) is 0 Å². The number of amides is 1. The molecule has 1 heterocycles. The predicted octanol–water partition coefficient (Wildman–Crippen LogP) is 2.61. The molecule has 2 fully saturated rings. The molecule has 3 atom stereocenters. The first-order valence-electron chi connectivity index (χ1n) is 7.07. The summed E-state index contributed by atoms with van der Waals surface area (Å²) in [6.07, 6.45) is 3.86. The van der Waals surface area contributed by atoms with Gasteiger partial charge in [-0.05, 0) is 25.1 Å². The molecule has 1 aromatic rings. The lowest BCUT2D eigenvalue weighted by molar-refractivity contribution is -0.201. The van der Waals surface area contributed by atoms with E-state index in [0.717, 1.165) is 17.2 Å². The van der Waals surface area contributed by atoms with Crippen LogP contribution in [0.5, 0.6) is 0 Å². The van der Waals surface area contributed by atoms with Crippen molar-refractivity contribution >= 4 is 41.2 Å². The maximum absolute atomic E-state index is 12.2. The van der Waals surface area contributed by atoms with E-state index in [-0.39, 0.29) is 17.4 Å². The maximum atomic E-state index is 12.2. The zero-order valence-corrected chi connectivity index (χ0v) is 14.5. The van der Waals surface area contributed by atoms with Crippen LogP contribution in [0.2, 0.25) is 0 Å². The molecular formula is C13H19N3O2S3. The first-order valence-corrected chi connectivity index (χ1v) is 9.28. The van der Waals surface area contributed by atoms with E-state index in [1.165, 1.54) is 29.5 Å². The van der Waals surface area contributed by atoms with E-state index >= 15 is 0 Å². The topological polar surface area (TPSA) is 67.0 Å². The first-order chi connectivity index (χ1) is 10.1. The number of rotatable bonds is 5. The Morgan fingerprint density at radius 3 is 2.95 bits per heavy atom. The zero-order chi connectivity index (χ0) is 15.0. The van der Waals surface area contributed by atoms with Crippen LogP contribution in [0.1, 0.15) is 26.2 Å². The Hall–Kier alpha value is -0.440. The van der Waals surface area contributed by atoms with Crippen molar-refractivity contribution in [3.63, 3.8) is 0 Å². The van der Waals surface area contributed by atoms with Crippen LogP contribution in [0.25, 0.3) is 0 Å². The number of carbonyl (C=O) groups excluding carboxylic acids is 1. The fourth-order valence-corrected chi connectivity index (χ4v) is 5.70. The van der Waals surface area contributed by atoms with Crippen molar-refractivity contribution in [2.24, 2.45) is 11.3 Å². The number of carbonyl (C=O) groups is 1. The molecule has 1 amide bonds. The minimum atomic E-state index is 0.0683. The van der Waals surface area contributed by atoms with Crippen molar-refractivity contribution in [1.82, 2.24) is 15.5 Å². The van der Waals surface area contributed by atoms with Crippen LogP contribution in [0.4, 0.5) is 0 Å². The van der Waals surface area contributed by atoms with E-state index in [1.54, 1.807) is 7.11 Å². The van der Waals surface area contributed by atoms with Crippen molar-refractivity contribution in [3.05, 3.63) is 3.95 Å². The first kappa shape index (κ1) is 15.5. The summed E-state index contributed by atoms with van der Waals surface area (Å²) in [5.74, 6) is 0.836. The van der Waals surface area contributed by atoms with Gasteiger partial charge >= 0.3 is 0 Å². The molecule has 3 unspecified atom stereocenters. The van der Waals surface area contributed by atoms with Gasteiger partial charge in [-0.3, -0.25) is 9.89 Å². The third kappa shape index (κ3) is 2.67. The van der Waals surface area contributed by atoms with Gasteiger partial charge in [-0.2, -0.15) is 5.10 Å². The standard InChI is InChI=1S/C13H19N3O2S3/c1-7-9(13(4-3-5-13)10(7)18-2)14-8(17)6-20-12-16-15-11(19)21-12/h7,9-10H,3-6H2,1-2H3,(H,14,17)(H,15,19). The lowest BCUT2D eigenvalue weighted by Crippen LogP contribution is -2.72. The van der Waals surface area contributed by atoms with Gasteiger partial charge in [-0.1, -0.05) is 36.4 Å². The molecular weight excluding hydrogens is 326 g/mol. The highest BCUT2D eigenvalue weighted by Crippen LogP contribution is 2.59. The van der Waals surface area contributed by atoms with E-state index in [1.807, 2.05) is 0 Å². The number of aromatic amines is 1. The molecule has 2 aliphatic carbocycles. The van der Waals surface area contributed by atoms with Crippen LogP contribution < -0.4 is 5.32 Å². The summed E-state index contributed by atoms with van der Waals surface area (Å²) in [5.41, 5.74) is 0.192. The summed E-state index contributed by atoms with van der Waals surface area (Å²) in [4.78, 5) is 12.2. The smallest absolute Gasteiger partial charge is 0.230 e. The maximum Gasteiger partial charge on any atom is 0.230 e. The molecule has 0 aromatic carbocycles. The highest BCUT2D eigenvalue weighted by molar-refractivity contribution is 8.01. The van der Waals surface area contributed by atoms with E-state index < -0.39 is 0 Å². The molecule has 2 aliphatic rings. The van der Waals surface area contributed by atoms with Crippen LogP contribution in [0.3, 0.4) is 0 Å². The Morgan fingerprint density at radius 2 is 2.43 bits per heavy atom. The Kier molecular flexibility index (Phi) is 4.40. The van der Waals surface area contributed by atoms with Gasteiger partial charge in [-0.25, -0.2) is 0 Å². The molecule has 5 nitrogen and oxygen atoms in total. The van der Waals surface area contributed by atoms with Crippen molar-refractivity contribution in [2.45, 2.75) is 42.7 Å². The molecule has 0 aliphatic heterocycles. The van der Waals surface area contributed by atoms with Gasteiger partial charge in [0.25, 0.3) is 0 Å². The summed E-state index contributed by atoms with van der Waals surface area (Å²) < 4.78 is 7.07. The second kappa shape index (κ2) is 5.98. The van der Waals surface area contributed by atoms with Crippen molar-refractivity contribution in [2.75, 3.05) is 12.9 Å². The minimum absolute atomic E-state index is 0.0683. The largest absolute Gasteiger partial charge is 0.380 e. The van der Waals surface area contributed by atoms with Crippen LogP contribution in [-0.2, 0) is 9.53 Å². The number of nitrogens with one attached hydrogen (secondary N) is 2. The van der Waals surface area contributed by atoms with E-state index in [4.69, 9.17) is 17.0 Å². The molecule has 1 aromatic heterocycles. The number of thioether (sulfide) groups is 1. The number of hydrogen-bond donors (Lipinski definition) is 2. The summed E-state index contributed by atoms with van der Waals surface area (Å²) in [5, 5.41) is 9.97. The van der Waals surface area contributed by atoms with Crippen LogP contribution in [-0.4, -0.2) is 41.1 Å². The molecule has 21 heavy (non-hydrogen) atoms. The fourth-order valence-electron chi connectivity index (χ4n) is 3.81. The highest BCUT2D eigenvalue weighted by Gasteiger charge is 2.63. The number of aromatic nitrogens is 2. The number of methoxy groups -OCH3 is 1. The van der Waals surface area contributed by atoms with Gasteiger partial charge < -0.3 is 10.1 Å². The average molecular weight is 346 g/mol. The summed E-state index contributed by atoms with van der Waals surface area (Å²) in [7, 11) is 1.78. The highest BCUT2D eigenvalue weighted by atomic mass is 32.2. The third-order valence-electron chi connectivity index (χ3n) is 4.79. The van der Waals surface area contributed by atoms with Crippen LogP contribution in [0.15, 0.2) is 4.34 Å². The van der Waals surface area contributed by atoms with Gasteiger partial charge in [0, 0.05) is 24.5 Å². The number of ether oxygens (including phenoxy) is 1. The molecule has 116 valence electrons. The number of hydrogen-bond acceptors (Lipinski definition) is 6. The van der Waals surface area contributed by atoms with Gasteiger partial charge in [-0.15, -0.1) is 0 Å². The molecule has 8 heteroatoms. The summed E-state index contributed by atoms with van der Waals surface area (Å²) in [6.45, 7) is 2.16. The van der Waals surface area contributed by atoms with E-state index in [0.29, 0.717) is 21.7 Å². The van der Waals surface area contributed by atoms with Crippen LogP contribution in [0, 0.1) is 15.3 Å². The fraction of sp³-hybridized carbons (Fsp3) is 0.769. The number of nitrogens with zero attached hydrogens (tertiary/aromatic N) is 1. The van der Waals surface area contributed by atoms with E-state index in [2.05, 4.69) is 22.4 Å². The zero-order valence-electron chi connectivity index (χ0n) is 12.0. The monoisotopic (exact) mass is 345 g/mol. The van der Waals surface area contributed by atoms with Crippen molar-refractivity contribution < 1.29 is 9.53 Å². The van der Waals surface area contributed by atoms with Crippen LogP contribution >= 0.6 is 35.3 Å². The third-order valence-corrected chi connectivity index (χ3v) is 7.02. The second-order valence-corrected chi connectivity index (χ2v) is 8.70. The van der Waals surface area contributed by atoms with Gasteiger partial charge in [0.15, 0.2) is 8.29 Å². The molecule has 0 bridgehead atoms. The minimum Gasteiger partial charge on any atom is -0.380 e. The lowest BCUT2D eigenvalue weighted by Gasteiger charge is -2.64. The Balaban J connectivity index is 1.54. The Morgan fingerprint density at radius 1 is 1.67 bits per heavy atom. The summed E-state index contributed by atoms with van der Waals surface area (Å²) in [6, 6.07) is 0.252. The Labute approximate surface area is 137 Å². The molecule has 2 saturated carbocycles. The normalized spacial score (nSPS) is 29.7. The van der Waals surface area contributed by atoms with E-state index in [9.17, 15) is 4.79 Å². The quantitative estimate of drug-likeness (QED) is 0.634. The Bertz CT molecular complexity index is 581. The second-order valence-electron chi connectivity index (χ2n) is 5.82. The molecule has 2 N–H and O–H groups in total. The molecule has 0 radical (unpaired) electrons. The summed E-state index contributed by atoms with van der Waals surface area (Å²) >= 11 is 7.80. The average Bonchev–Trinajstić information content (AvgIpc) is 2.83. The predicted molar refractivity (Wildman–Crippen MR) is 86.2 cm³/mol. The molecule has 1 spiro atoms. The van der Waals surface area contributed by atoms with Gasteiger partial charge in [0.05, 0.1) is 11.9 Å². The SMILES string of the molecule is COC1C(C)C(NC(=O)CSc2n[nH]c(=S)s2)C12CCC2. The lowest BCUT2D eigenvalue weighted by atomic mass is 9.46. The van der Waals surface area contributed by atoms with Crippen molar-refractivity contribution in [1.29, 1.82) is 0 Å². The number of H-pyrrole nitrogens is 1.